The first-order valence-electron chi connectivity index (χ1n) is 7.71. The Morgan fingerprint density at radius 3 is 2.78 bits per heavy atom. The van der Waals surface area contributed by atoms with E-state index in [9.17, 15) is 4.79 Å². The van der Waals surface area contributed by atoms with E-state index in [4.69, 9.17) is 4.74 Å². The van der Waals surface area contributed by atoms with Crippen molar-refractivity contribution in [3.63, 3.8) is 0 Å². The third-order valence-electron chi connectivity index (χ3n) is 3.68. The Balaban J connectivity index is 1.56. The maximum atomic E-state index is 11.8. The number of hydrogen-bond donors (Lipinski definition) is 1. The second-order valence-corrected chi connectivity index (χ2v) is 6.74. The van der Waals surface area contributed by atoms with Crippen LogP contribution in [0.4, 0.5) is 0 Å². The zero-order valence-electron chi connectivity index (χ0n) is 13.4. The summed E-state index contributed by atoms with van der Waals surface area (Å²) in [6.07, 6.45) is 2.24. The number of benzene rings is 1. The molecule has 0 atom stereocenters. The third kappa shape index (κ3) is 4.53. The van der Waals surface area contributed by atoms with Crippen molar-refractivity contribution < 1.29 is 9.53 Å². The molecule has 6 heteroatoms. The van der Waals surface area contributed by atoms with Gasteiger partial charge in [-0.25, -0.2) is 4.98 Å². The minimum absolute atomic E-state index is 0.0978. The molecule has 1 aromatic carbocycles. The van der Waals surface area contributed by atoms with Crippen molar-refractivity contribution >= 4 is 17.2 Å². The van der Waals surface area contributed by atoms with Crippen molar-refractivity contribution in [3.8, 4) is 16.3 Å². The van der Waals surface area contributed by atoms with E-state index in [1.165, 1.54) is 0 Å². The Kier molecular flexibility index (Phi) is 4.93. The van der Waals surface area contributed by atoms with E-state index in [0.717, 1.165) is 34.9 Å². The average molecular weight is 331 g/mol. The summed E-state index contributed by atoms with van der Waals surface area (Å²) in [7, 11) is 3.60. The lowest BCUT2D eigenvalue weighted by atomic mass is 10.2. The van der Waals surface area contributed by atoms with Gasteiger partial charge < -0.3 is 10.1 Å². The summed E-state index contributed by atoms with van der Waals surface area (Å²) in [6, 6.07) is 8.30. The van der Waals surface area contributed by atoms with Gasteiger partial charge in [0.05, 0.1) is 19.3 Å². The molecule has 0 aliphatic heterocycles. The van der Waals surface area contributed by atoms with Gasteiger partial charge in [-0.3, -0.25) is 9.69 Å². The summed E-state index contributed by atoms with van der Waals surface area (Å²) in [5.41, 5.74) is 2.07. The maximum absolute atomic E-state index is 11.8. The number of thiazole rings is 1. The van der Waals surface area contributed by atoms with Gasteiger partial charge in [0.25, 0.3) is 0 Å². The van der Waals surface area contributed by atoms with Gasteiger partial charge in [0, 0.05) is 23.5 Å². The quantitative estimate of drug-likeness (QED) is 0.847. The van der Waals surface area contributed by atoms with Crippen molar-refractivity contribution in [1.29, 1.82) is 0 Å². The highest BCUT2D eigenvalue weighted by Gasteiger charge is 2.23. The number of aromatic nitrogens is 1. The molecule has 0 radical (unpaired) electrons. The van der Waals surface area contributed by atoms with Crippen molar-refractivity contribution in [2.45, 2.75) is 25.4 Å². The molecule has 1 fully saturated rings. The van der Waals surface area contributed by atoms with E-state index < -0.39 is 0 Å². The van der Waals surface area contributed by atoms with Crippen LogP contribution < -0.4 is 10.1 Å². The first-order chi connectivity index (χ1) is 11.1. The van der Waals surface area contributed by atoms with E-state index in [1.807, 2.05) is 36.2 Å². The molecule has 1 aliphatic rings. The lowest BCUT2D eigenvalue weighted by Crippen LogP contribution is -2.35. The monoisotopic (exact) mass is 331 g/mol. The van der Waals surface area contributed by atoms with E-state index in [1.54, 1.807) is 18.4 Å². The van der Waals surface area contributed by atoms with Crippen LogP contribution in [0.15, 0.2) is 29.6 Å². The summed E-state index contributed by atoms with van der Waals surface area (Å²) in [5, 5.41) is 6.04. The standard InChI is InChI=1S/C17H21N3O2S/c1-20(10-16(21)18-13-5-6-13)9-14-11-23-17(19-14)12-3-7-15(22-2)8-4-12/h3-4,7-8,11,13H,5-6,9-10H2,1-2H3,(H,18,21). The number of amides is 1. The Hall–Kier alpha value is -1.92. The minimum atomic E-state index is 0.0978. The van der Waals surface area contributed by atoms with Crippen LogP contribution in [0.3, 0.4) is 0 Å². The van der Waals surface area contributed by atoms with E-state index in [2.05, 4.69) is 15.7 Å². The Morgan fingerprint density at radius 1 is 1.39 bits per heavy atom. The number of carbonyl (C=O) groups is 1. The van der Waals surface area contributed by atoms with E-state index in [-0.39, 0.29) is 5.91 Å². The molecular weight excluding hydrogens is 310 g/mol. The Morgan fingerprint density at radius 2 is 2.13 bits per heavy atom. The number of nitrogens with zero attached hydrogens (tertiary/aromatic N) is 2. The number of carbonyl (C=O) groups excluding carboxylic acids is 1. The number of hydrogen-bond acceptors (Lipinski definition) is 5. The fraction of sp³-hybridized carbons (Fsp3) is 0.412. The van der Waals surface area contributed by atoms with Crippen LogP contribution in [0.25, 0.3) is 10.6 Å². The molecule has 3 rings (SSSR count). The second kappa shape index (κ2) is 7.10. The number of ether oxygens (including phenoxy) is 1. The SMILES string of the molecule is COc1ccc(-c2nc(CN(C)CC(=O)NC3CC3)cs2)cc1. The van der Waals surface area contributed by atoms with Crippen LogP contribution in [0, 0.1) is 0 Å². The molecule has 0 bridgehead atoms. The molecule has 122 valence electrons. The van der Waals surface area contributed by atoms with Gasteiger partial charge in [-0.2, -0.15) is 0 Å². The highest BCUT2D eigenvalue weighted by Crippen LogP contribution is 2.26. The van der Waals surface area contributed by atoms with Crippen molar-refractivity contribution in [1.82, 2.24) is 15.2 Å². The summed E-state index contributed by atoms with van der Waals surface area (Å²) in [5.74, 6) is 0.938. The topological polar surface area (TPSA) is 54.5 Å². The lowest BCUT2D eigenvalue weighted by molar-refractivity contribution is -0.122. The van der Waals surface area contributed by atoms with Crippen LogP contribution in [0.2, 0.25) is 0 Å². The second-order valence-electron chi connectivity index (χ2n) is 5.89. The largest absolute Gasteiger partial charge is 0.497 e. The highest BCUT2D eigenvalue weighted by molar-refractivity contribution is 7.13. The smallest absolute Gasteiger partial charge is 0.234 e. The van der Waals surface area contributed by atoms with Crippen LogP contribution >= 0.6 is 11.3 Å². The zero-order valence-corrected chi connectivity index (χ0v) is 14.2. The number of likely N-dealkylation sites (N-methyl/N-ethyl adjacent to an activating group) is 1. The first kappa shape index (κ1) is 16.0. The maximum Gasteiger partial charge on any atom is 0.234 e. The molecule has 23 heavy (non-hydrogen) atoms. The lowest BCUT2D eigenvalue weighted by Gasteiger charge is -2.14. The fourth-order valence-electron chi connectivity index (χ4n) is 2.32. The van der Waals surface area contributed by atoms with Gasteiger partial charge >= 0.3 is 0 Å². The molecule has 0 unspecified atom stereocenters. The molecule has 0 saturated heterocycles. The predicted octanol–water partition coefficient (Wildman–Crippen LogP) is 2.53. The molecule has 1 aliphatic carbocycles. The van der Waals surface area contributed by atoms with Crippen LogP contribution in [0.1, 0.15) is 18.5 Å². The molecule has 1 N–H and O–H groups in total. The van der Waals surface area contributed by atoms with Crippen molar-refractivity contribution in [2.24, 2.45) is 0 Å². The van der Waals surface area contributed by atoms with Gasteiger partial charge in [0.1, 0.15) is 10.8 Å². The zero-order chi connectivity index (χ0) is 16.2. The van der Waals surface area contributed by atoms with Crippen LogP contribution in [-0.4, -0.2) is 42.5 Å². The van der Waals surface area contributed by atoms with E-state index in [0.29, 0.717) is 19.1 Å². The van der Waals surface area contributed by atoms with Crippen LogP contribution in [0.5, 0.6) is 5.75 Å². The molecule has 2 aromatic rings. The Bertz CT molecular complexity index is 665. The minimum Gasteiger partial charge on any atom is -0.497 e. The molecule has 1 aromatic heterocycles. The summed E-state index contributed by atoms with van der Waals surface area (Å²) in [4.78, 5) is 18.5. The predicted molar refractivity (Wildman–Crippen MR) is 91.6 cm³/mol. The van der Waals surface area contributed by atoms with E-state index >= 15 is 0 Å². The van der Waals surface area contributed by atoms with Crippen molar-refractivity contribution in [2.75, 3.05) is 20.7 Å². The number of nitrogens with one attached hydrogen (secondary N) is 1. The molecule has 1 heterocycles. The highest BCUT2D eigenvalue weighted by atomic mass is 32.1. The van der Waals surface area contributed by atoms with Gasteiger partial charge in [-0.1, -0.05) is 0 Å². The molecule has 1 amide bonds. The Labute approximate surface area is 140 Å². The van der Waals surface area contributed by atoms with Gasteiger partial charge in [0.2, 0.25) is 5.91 Å². The number of methoxy groups -OCH3 is 1. The van der Waals surface area contributed by atoms with Crippen molar-refractivity contribution in [3.05, 3.63) is 35.3 Å². The average Bonchev–Trinajstić information content (AvgIpc) is 3.22. The number of rotatable bonds is 7. The van der Waals surface area contributed by atoms with Crippen LogP contribution in [-0.2, 0) is 11.3 Å². The van der Waals surface area contributed by atoms with Gasteiger partial charge in [0.15, 0.2) is 0 Å². The molecule has 1 saturated carbocycles. The third-order valence-corrected chi connectivity index (χ3v) is 4.62. The summed E-state index contributed by atoms with van der Waals surface area (Å²) in [6.45, 7) is 1.08. The fourth-order valence-corrected chi connectivity index (χ4v) is 3.14. The molecular formula is C17H21N3O2S. The van der Waals surface area contributed by atoms with Gasteiger partial charge in [-0.15, -0.1) is 11.3 Å². The molecule has 0 spiro atoms. The summed E-state index contributed by atoms with van der Waals surface area (Å²) >= 11 is 1.62. The summed E-state index contributed by atoms with van der Waals surface area (Å²) < 4.78 is 5.17. The first-order valence-corrected chi connectivity index (χ1v) is 8.59. The normalized spacial score (nSPS) is 14.0. The van der Waals surface area contributed by atoms with Gasteiger partial charge in [-0.05, 0) is 44.2 Å². The molecule has 5 nitrogen and oxygen atoms in total.